The van der Waals surface area contributed by atoms with Crippen molar-refractivity contribution >= 4 is 12.1 Å². The fourth-order valence-corrected chi connectivity index (χ4v) is 1.70. The Morgan fingerprint density at radius 3 is 3.00 bits per heavy atom. The van der Waals surface area contributed by atoms with Crippen LogP contribution in [0.1, 0.15) is 28.6 Å². The van der Waals surface area contributed by atoms with Crippen LogP contribution in [-0.4, -0.2) is 18.7 Å². The van der Waals surface area contributed by atoms with Crippen LogP contribution in [0.2, 0.25) is 0 Å². The van der Waals surface area contributed by atoms with E-state index in [1.807, 2.05) is 31.2 Å². The summed E-state index contributed by atoms with van der Waals surface area (Å²) in [4.78, 5) is 11.8. The van der Waals surface area contributed by atoms with Crippen LogP contribution in [0.4, 0.5) is 0 Å². The largest absolute Gasteiger partial charge is 0.494 e. The highest BCUT2D eigenvalue weighted by atomic mass is 16.5. The van der Waals surface area contributed by atoms with Crippen molar-refractivity contribution in [1.82, 2.24) is 5.43 Å². The molecule has 1 heterocycles. The lowest BCUT2D eigenvalue weighted by atomic mass is 10.2. The molecule has 2 rings (SSSR count). The quantitative estimate of drug-likeness (QED) is 0.672. The Bertz CT molecular complexity index is 617. The number of carbonyl (C=O) groups is 1. The molecule has 104 valence electrons. The maximum atomic E-state index is 11.8. The van der Waals surface area contributed by atoms with Crippen LogP contribution in [0, 0.1) is 6.92 Å². The Labute approximate surface area is 117 Å². The number of benzene rings is 1. The lowest BCUT2D eigenvalue weighted by Crippen LogP contribution is -2.17. The molecule has 0 aliphatic carbocycles. The van der Waals surface area contributed by atoms with Crippen molar-refractivity contribution < 1.29 is 13.9 Å². The minimum atomic E-state index is -0.298. The predicted molar refractivity (Wildman–Crippen MR) is 76.1 cm³/mol. The molecule has 2 aromatic rings. The number of nitrogens with zero attached hydrogens (tertiary/aromatic N) is 1. The average Bonchev–Trinajstić information content (AvgIpc) is 2.86. The number of hydrogen-bond acceptors (Lipinski definition) is 4. The van der Waals surface area contributed by atoms with E-state index in [1.54, 1.807) is 19.2 Å². The molecule has 20 heavy (non-hydrogen) atoms. The first-order valence-electron chi connectivity index (χ1n) is 6.31. The van der Waals surface area contributed by atoms with Gasteiger partial charge in [0.05, 0.1) is 24.6 Å². The van der Waals surface area contributed by atoms with Crippen molar-refractivity contribution in [3.8, 4) is 5.75 Å². The summed E-state index contributed by atoms with van der Waals surface area (Å²) in [5, 5.41) is 3.92. The molecule has 0 fully saturated rings. The van der Waals surface area contributed by atoms with E-state index in [9.17, 15) is 4.79 Å². The molecule has 5 heteroatoms. The number of ether oxygens (including phenoxy) is 1. The summed E-state index contributed by atoms with van der Waals surface area (Å²) in [6.07, 6.45) is 3.04. The van der Waals surface area contributed by atoms with E-state index in [4.69, 9.17) is 9.15 Å². The summed E-state index contributed by atoms with van der Waals surface area (Å²) in [6, 6.07) is 9.07. The van der Waals surface area contributed by atoms with Gasteiger partial charge in [0, 0.05) is 0 Å². The molecular weight excluding hydrogens is 256 g/mol. The highest BCUT2D eigenvalue weighted by Crippen LogP contribution is 2.12. The summed E-state index contributed by atoms with van der Waals surface area (Å²) < 4.78 is 10.5. The van der Waals surface area contributed by atoms with Gasteiger partial charge in [-0.25, -0.2) is 5.43 Å². The van der Waals surface area contributed by atoms with Crippen LogP contribution in [0.5, 0.6) is 5.75 Å². The summed E-state index contributed by atoms with van der Waals surface area (Å²) in [5.41, 5.74) is 3.78. The van der Waals surface area contributed by atoms with Crippen molar-refractivity contribution in [2.45, 2.75) is 13.8 Å². The Hall–Kier alpha value is -2.56. The molecular formula is C15H16N2O3. The average molecular weight is 272 g/mol. The maximum absolute atomic E-state index is 11.8. The Balaban J connectivity index is 1.98. The van der Waals surface area contributed by atoms with Gasteiger partial charge >= 0.3 is 0 Å². The first kappa shape index (κ1) is 13.9. The van der Waals surface area contributed by atoms with Crippen molar-refractivity contribution in [2.24, 2.45) is 5.10 Å². The summed E-state index contributed by atoms with van der Waals surface area (Å²) in [6.45, 7) is 4.26. The van der Waals surface area contributed by atoms with Crippen LogP contribution in [0.25, 0.3) is 0 Å². The zero-order valence-electron chi connectivity index (χ0n) is 11.4. The van der Waals surface area contributed by atoms with Crippen LogP contribution >= 0.6 is 0 Å². The molecule has 0 saturated carbocycles. The molecule has 0 saturated heterocycles. The molecule has 0 spiro atoms. The first-order valence-corrected chi connectivity index (χ1v) is 6.31. The van der Waals surface area contributed by atoms with Crippen LogP contribution in [0.15, 0.2) is 46.1 Å². The van der Waals surface area contributed by atoms with Gasteiger partial charge in [-0.15, -0.1) is 0 Å². The predicted octanol–water partition coefficient (Wildman–Crippen LogP) is 2.75. The molecule has 0 unspecified atom stereocenters. The van der Waals surface area contributed by atoms with Gasteiger partial charge in [0.25, 0.3) is 5.91 Å². The van der Waals surface area contributed by atoms with Gasteiger partial charge in [0.2, 0.25) is 0 Å². The maximum Gasteiger partial charge on any atom is 0.274 e. The van der Waals surface area contributed by atoms with Gasteiger partial charge in [0.15, 0.2) is 0 Å². The van der Waals surface area contributed by atoms with Crippen molar-refractivity contribution in [1.29, 1.82) is 0 Å². The van der Waals surface area contributed by atoms with Gasteiger partial charge in [-0.2, -0.15) is 5.10 Å². The second kappa shape index (κ2) is 6.56. The SMILES string of the molecule is CCOc1cccc(/C=N/NC(=O)c2ccoc2C)c1. The lowest BCUT2D eigenvalue weighted by Gasteiger charge is -2.03. The molecule has 1 N–H and O–H groups in total. The van der Waals surface area contributed by atoms with E-state index in [2.05, 4.69) is 10.5 Å². The van der Waals surface area contributed by atoms with Gasteiger partial charge in [-0.3, -0.25) is 4.79 Å². The number of amides is 1. The fourth-order valence-electron chi connectivity index (χ4n) is 1.70. The molecule has 0 aliphatic heterocycles. The number of nitrogens with one attached hydrogen (secondary N) is 1. The van der Waals surface area contributed by atoms with E-state index in [1.165, 1.54) is 6.26 Å². The molecule has 1 aromatic carbocycles. The second-order valence-corrected chi connectivity index (χ2v) is 4.10. The topological polar surface area (TPSA) is 63.8 Å². The molecule has 0 atom stereocenters. The number of rotatable bonds is 5. The van der Waals surface area contributed by atoms with Crippen molar-refractivity contribution in [3.63, 3.8) is 0 Å². The first-order chi connectivity index (χ1) is 9.70. The zero-order chi connectivity index (χ0) is 14.4. The molecule has 1 aromatic heterocycles. The van der Waals surface area contributed by atoms with Crippen molar-refractivity contribution in [3.05, 3.63) is 53.5 Å². The Morgan fingerprint density at radius 2 is 2.30 bits per heavy atom. The number of aryl methyl sites for hydroxylation is 1. The monoisotopic (exact) mass is 272 g/mol. The molecule has 0 radical (unpaired) electrons. The Morgan fingerprint density at radius 1 is 1.45 bits per heavy atom. The minimum Gasteiger partial charge on any atom is -0.494 e. The minimum absolute atomic E-state index is 0.298. The molecule has 0 bridgehead atoms. The van der Waals surface area contributed by atoms with E-state index < -0.39 is 0 Å². The highest BCUT2D eigenvalue weighted by molar-refractivity contribution is 5.95. The smallest absolute Gasteiger partial charge is 0.274 e. The third-order valence-electron chi connectivity index (χ3n) is 2.65. The van der Waals surface area contributed by atoms with Gasteiger partial charge in [-0.1, -0.05) is 12.1 Å². The third kappa shape index (κ3) is 3.47. The van der Waals surface area contributed by atoms with Gasteiger partial charge in [-0.05, 0) is 37.6 Å². The molecule has 5 nitrogen and oxygen atoms in total. The van der Waals surface area contributed by atoms with Gasteiger partial charge in [0.1, 0.15) is 11.5 Å². The normalized spacial score (nSPS) is 10.7. The number of hydrogen-bond donors (Lipinski definition) is 1. The summed E-state index contributed by atoms with van der Waals surface area (Å²) >= 11 is 0. The molecule has 1 amide bonds. The zero-order valence-corrected chi connectivity index (χ0v) is 11.4. The lowest BCUT2D eigenvalue weighted by molar-refractivity contribution is 0.0953. The van der Waals surface area contributed by atoms with E-state index in [-0.39, 0.29) is 5.91 Å². The third-order valence-corrected chi connectivity index (χ3v) is 2.65. The van der Waals surface area contributed by atoms with E-state index >= 15 is 0 Å². The molecule has 0 aliphatic rings. The fraction of sp³-hybridized carbons (Fsp3) is 0.200. The van der Waals surface area contributed by atoms with E-state index in [0.717, 1.165) is 11.3 Å². The van der Waals surface area contributed by atoms with Crippen LogP contribution in [0.3, 0.4) is 0 Å². The Kier molecular flexibility index (Phi) is 4.55. The number of carbonyl (C=O) groups excluding carboxylic acids is 1. The summed E-state index contributed by atoms with van der Waals surface area (Å²) in [5.74, 6) is 1.04. The summed E-state index contributed by atoms with van der Waals surface area (Å²) in [7, 11) is 0. The van der Waals surface area contributed by atoms with Crippen molar-refractivity contribution in [2.75, 3.05) is 6.61 Å². The van der Waals surface area contributed by atoms with E-state index in [0.29, 0.717) is 17.9 Å². The standard InChI is InChI=1S/C15H16N2O3/c1-3-19-13-6-4-5-12(9-13)10-16-17-15(18)14-7-8-20-11(14)2/h4-10H,3H2,1-2H3,(H,17,18)/b16-10+. The van der Waals surface area contributed by atoms with Crippen LogP contribution < -0.4 is 10.2 Å². The number of hydrazone groups is 1. The number of furan rings is 1. The van der Waals surface area contributed by atoms with Gasteiger partial charge < -0.3 is 9.15 Å². The second-order valence-electron chi connectivity index (χ2n) is 4.10. The highest BCUT2D eigenvalue weighted by Gasteiger charge is 2.09. The van der Waals surface area contributed by atoms with Crippen LogP contribution in [-0.2, 0) is 0 Å².